The molecule has 1 N–H and O–H groups in total. The van der Waals surface area contributed by atoms with Crippen LogP contribution in [-0.2, 0) is 11.2 Å². The molecule has 0 spiro atoms. The minimum atomic E-state index is -0.539. The van der Waals surface area contributed by atoms with Gasteiger partial charge in [-0.2, -0.15) is 0 Å². The number of nitrogens with zero attached hydrogens (tertiary/aromatic N) is 1. The second kappa shape index (κ2) is 7.77. The molecule has 1 aromatic carbocycles. The summed E-state index contributed by atoms with van der Waals surface area (Å²) in [6.45, 7) is 7.81. The molecule has 23 heavy (non-hydrogen) atoms. The highest BCUT2D eigenvalue weighted by Crippen LogP contribution is 2.17. The number of rotatable bonds is 6. The zero-order chi connectivity index (χ0) is 16.8. The van der Waals surface area contributed by atoms with Crippen LogP contribution < -0.4 is 10.1 Å². The van der Waals surface area contributed by atoms with Crippen LogP contribution in [0.25, 0.3) is 0 Å². The first kappa shape index (κ1) is 17.0. The number of benzene rings is 1. The Morgan fingerprint density at radius 1 is 1.17 bits per heavy atom. The van der Waals surface area contributed by atoms with Crippen molar-refractivity contribution in [3.63, 3.8) is 0 Å². The summed E-state index contributed by atoms with van der Waals surface area (Å²) in [6.07, 6.45) is 1.92. The number of nitrogens with one attached hydrogen (secondary N) is 1. The molecule has 0 saturated carbocycles. The molecule has 4 nitrogen and oxygen atoms in total. The molecule has 122 valence electrons. The molecule has 0 bridgehead atoms. The van der Waals surface area contributed by atoms with Crippen LogP contribution in [0.2, 0.25) is 0 Å². The summed E-state index contributed by atoms with van der Waals surface area (Å²) in [6, 6.07) is 11.6. The van der Waals surface area contributed by atoms with Gasteiger partial charge in [-0.1, -0.05) is 12.1 Å². The molecule has 0 saturated heterocycles. The summed E-state index contributed by atoms with van der Waals surface area (Å²) < 4.78 is 5.74. The molecule has 2 atom stereocenters. The smallest absolute Gasteiger partial charge is 0.260 e. The van der Waals surface area contributed by atoms with Gasteiger partial charge >= 0.3 is 0 Å². The third-order valence-electron chi connectivity index (χ3n) is 3.79. The van der Waals surface area contributed by atoms with Crippen molar-refractivity contribution in [1.82, 2.24) is 10.3 Å². The molecule has 2 rings (SSSR count). The van der Waals surface area contributed by atoms with E-state index in [-0.39, 0.29) is 11.9 Å². The van der Waals surface area contributed by atoms with Gasteiger partial charge in [0.1, 0.15) is 5.75 Å². The van der Waals surface area contributed by atoms with Crippen LogP contribution in [0.4, 0.5) is 0 Å². The van der Waals surface area contributed by atoms with Gasteiger partial charge in [-0.15, -0.1) is 0 Å². The fourth-order valence-electron chi connectivity index (χ4n) is 2.29. The Hall–Kier alpha value is -2.36. The first-order valence-corrected chi connectivity index (χ1v) is 7.90. The number of pyridine rings is 1. The van der Waals surface area contributed by atoms with E-state index in [1.165, 1.54) is 5.56 Å². The average Bonchev–Trinajstić information content (AvgIpc) is 2.51. The van der Waals surface area contributed by atoms with E-state index in [4.69, 9.17) is 4.74 Å². The summed E-state index contributed by atoms with van der Waals surface area (Å²) in [4.78, 5) is 16.5. The van der Waals surface area contributed by atoms with Crippen LogP contribution in [0.1, 0.15) is 30.7 Å². The molecule has 0 unspecified atom stereocenters. The van der Waals surface area contributed by atoms with E-state index in [0.29, 0.717) is 12.2 Å². The standard InChI is InChI=1S/C19H24N2O2/c1-13-8-9-18(11-14(13)2)23-16(4)19(22)21-15(3)12-17-7-5-6-10-20-17/h5-11,15-16H,12H2,1-4H3,(H,21,22)/t15-,16+/m0/s1. The molecule has 0 radical (unpaired) electrons. The lowest BCUT2D eigenvalue weighted by Gasteiger charge is -2.19. The minimum absolute atomic E-state index is 0.00297. The van der Waals surface area contributed by atoms with Gasteiger partial charge in [0.25, 0.3) is 5.91 Å². The van der Waals surface area contributed by atoms with Crippen LogP contribution in [0.3, 0.4) is 0 Å². The Morgan fingerprint density at radius 3 is 2.61 bits per heavy atom. The molecule has 0 aliphatic heterocycles. The van der Waals surface area contributed by atoms with Gasteiger partial charge in [0, 0.05) is 24.4 Å². The Labute approximate surface area is 137 Å². The molecule has 1 amide bonds. The minimum Gasteiger partial charge on any atom is -0.481 e. The third kappa shape index (κ3) is 5.09. The molecule has 0 fully saturated rings. The third-order valence-corrected chi connectivity index (χ3v) is 3.79. The quantitative estimate of drug-likeness (QED) is 0.891. The van der Waals surface area contributed by atoms with Crippen molar-refractivity contribution in [2.45, 2.75) is 46.3 Å². The highest BCUT2D eigenvalue weighted by Gasteiger charge is 2.17. The van der Waals surface area contributed by atoms with Crippen LogP contribution in [-0.4, -0.2) is 23.0 Å². The van der Waals surface area contributed by atoms with E-state index >= 15 is 0 Å². The normalized spacial score (nSPS) is 13.2. The van der Waals surface area contributed by atoms with Crippen LogP contribution in [0.15, 0.2) is 42.6 Å². The zero-order valence-corrected chi connectivity index (χ0v) is 14.2. The molecular formula is C19H24N2O2. The van der Waals surface area contributed by atoms with Crippen molar-refractivity contribution < 1.29 is 9.53 Å². The van der Waals surface area contributed by atoms with Gasteiger partial charge < -0.3 is 10.1 Å². The number of aryl methyl sites for hydroxylation is 2. The topological polar surface area (TPSA) is 51.2 Å². The molecule has 4 heteroatoms. The molecule has 0 aliphatic carbocycles. The number of hydrogen-bond donors (Lipinski definition) is 1. The lowest BCUT2D eigenvalue weighted by atomic mass is 10.1. The number of ether oxygens (including phenoxy) is 1. The highest BCUT2D eigenvalue weighted by molar-refractivity contribution is 5.81. The number of aromatic nitrogens is 1. The van der Waals surface area contributed by atoms with Gasteiger partial charge in [-0.3, -0.25) is 9.78 Å². The van der Waals surface area contributed by atoms with Crippen LogP contribution in [0.5, 0.6) is 5.75 Å². The Balaban J connectivity index is 1.87. The summed E-state index contributed by atoms with van der Waals surface area (Å²) in [5, 5.41) is 2.97. The van der Waals surface area contributed by atoms with E-state index in [9.17, 15) is 4.79 Å². The molecule has 0 aliphatic rings. The number of carbonyl (C=O) groups excluding carboxylic acids is 1. The number of amides is 1. The van der Waals surface area contributed by atoms with Crippen LogP contribution in [0, 0.1) is 13.8 Å². The van der Waals surface area contributed by atoms with E-state index in [0.717, 1.165) is 11.3 Å². The van der Waals surface area contributed by atoms with Crippen molar-refractivity contribution in [1.29, 1.82) is 0 Å². The lowest BCUT2D eigenvalue weighted by Crippen LogP contribution is -2.42. The van der Waals surface area contributed by atoms with Crippen molar-refractivity contribution in [3.8, 4) is 5.75 Å². The molecular weight excluding hydrogens is 288 g/mol. The van der Waals surface area contributed by atoms with Crippen molar-refractivity contribution >= 4 is 5.91 Å². The zero-order valence-electron chi connectivity index (χ0n) is 14.2. The Bertz CT molecular complexity index is 656. The highest BCUT2D eigenvalue weighted by atomic mass is 16.5. The fraction of sp³-hybridized carbons (Fsp3) is 0.368. The summed E-state index contributed by atoms with van der Waals surface area (Å²) >= 11 is 0. The predicted molar refractivity (Wildman–Crippen MR) is 91.6 cm³/mol. The largest absolute Gasteiger partial charge is 0.481 e. The van der Waals surface area contributed by atoms with E-state index in [1.807, 2.05) is 50.2 Å². The maximum absolute atomic E-state index is 12.2. The van der Waals surface area contributed by atoms with Gasteiger partial charge in [-0.05, 0) is 63.1 Å². The van der Waals surface area contributed by atoms with Crippen LogP contribution >= 0.6 is 0 Å². The van der Waals surface area contributed by atoms with Gasteiger partial charge in [0.15, 0.2) is 6.10 Å². The summed E-state index contributed by atoms with van der Waals surface area (Å²) in [5.74, 6) is 0.597. The summed E-state index contributed by atoms with van der Waals surface area (Å²) in [5.41, 5.74) is 3.32. The molecule has 1 aromatic heterocycles. The second-order valence-electron chi connectivity index (χ2n) is 5.94. The predicted octanol–water partition coefficient (Wildman–Crippen LogP) is 3.21. The monoisotopic (exact) mass is 312 g/mol. The van der Waals surface area contributed by atoms with E-state index in [1.54, 1.807) is 13.1 Å². The lowest BCUT2D eigenvalue weighted by molar-refractivity contribution is -0.127. The van der Waals surface area contributed by atoms with Crippen molar-refractivity contribution in [3.05, 3.63) is 59.4 Å². The molecule has 1 heterocycles. The SMILES string of the molecule is Cc1ccc(O[C@H](C)C(=O)N[C@@H](C)Cc2ccccn2)cc1C. The van der Waals surface area contributed by atoms with Gasteiger partial charge in [-0.25, -0.2) is 0 Å². The first-order valence-electron chi connectivity index (χ1n) is 7.90. The molecule has 2 aromatic rings. The maximum Gasteiger partial charge on any atom is 0.260 e. The maximum atomic E-state index is 12.2. The van der Waals surface area contributed by atoms with E-state index in [2.05, 4.69) is 17.2 Å². The Kier molecular flexibility index (Phi) is 5.74. The number of carbonyl (C=O) groups is 1. The fourth-order valence-corrected chi connectivity index (χ4v) is 2.29. The average molecular weight is 312 g/mol. The van der Waals surface area contributed by atoms with Gasteiger partial charge in [0.05, 0.1) is 0 Å². The first-order chi connectivity index (χ1) is 11.0. The number of hydrogen-bond acceptors (Lipinski definition) is 3. The van der Waals surface area contributed by atoms with E-state index < -0.39 is 6.10 Å². The Morgan fingerprint density at radius 2 is 1.96 bits per heavy atom. The van der Waals surface area contributed by atoms with Crippen molar-refractivity contribution in [2.75, 3.05) is 0 Å². The second-order valence-corrected chi connectivity index (χ2v) is 5.94. The van der Waals surface area contributed by atoms with Crippen molar-refractivity contribution in [2.24, 2.45) is 0 Å². The van der Waals surface area contributed by atoms with Gasteiger partial charge in [0.2, 0.25) is 0 Å². The summed E-state index contributed by atoms with van der Waals surface area (Å²) in [7, 11) is 0.